The first-order valence-corrected chi connectivity index (χ1v) is 9.03. The van der Waals surface area contributed by atoms with Gasteiger partial charge in [0.1, 0.15) is 6.07 Å². The maximum Gasteiger partial charge on any atom is 0.194 e. The van der Waals surface area contributed by atoms with E-state index in [0.29, 0.717) is 5.57 Å². The number of benzene rings is 2. The molecular formula is C22H15BrN4. The second kappa shape index (κ2) is 7.12. The van der Waals surface area contributed by atoms with Crippen LogP contribution < -0.4 is 5.73 Å². The maximum atomic E-state index is 9.88. The summed E-state index contributed by atoms with van der Waals surface area (Å²) in [5.41, 5.74) is 8.14. The van der Waals surface area contributed by atoms with Gasteiger partial charge < -0.3 is 5.73 Å². The van der Waals surface area contributed by atoms with E-state index in [9.17, 15) is 15.8 Å². The number of nitriles is 3. The summed E-state index contributed by atoms with van der Waals surface area (Å²) in [7, 11) is 0. The lowest BCUT2D eigenvalue weighted by Crippen LogP contribution is -2.35. The Labute approximate surface area is 166 Å². The molecule has 1 aliphatic rings. The molecule has 1 aliphatic carbocycles. The van der Waals surface area contributed by atoms with Crippen LogP contribution in [-0.4, -0.2) is 0 Å². The fourth-order valence-electron chi connectivity index (χ4n) is 3.31. The predicted molar refractivity (Wildman–Crippen MR) is 107 cm³/mol. The van der Waals surface area contributed by atoms with Gasteiger partial charge in [-0.15, -0.1) is 0 Å². The molecule has 0 fully saturated rings. The molecule has 4 nitrogen and oxygen atoms in total. The molecule has 5 heteroatoms. The minimum atomic E-state index is -1.64. The van der Waals surface area contributed by atoms with E-state index in [4.69, 9.17) is 5.73 Å². The van der Waals surface area contributed by atoms with Crippen molar-refractivity contribution in [1.82, 2.24) is 0 Å². The van der Waals surface area contributed by atoms with Gasteiger partial charge in [0.2, 0.25) is 0 Å². The van der Waals surface area contributed by atoms with Crippen LogP contribution in [0.3, 0.4) is 0 Å². The minimum absolute atomic E-state index is 0.00181. The van der Waals surface area contributed by atoms with E-state index in [2.05, 4.69) is 34.1 Å². The molecule has 0 bridgehead atoms. The zero-order chi connectivity index (χ0) is 19.6. The quantitative estimate of drug-likeness (QED) is 0.768. The molecule has 0 saturated heterocycles. The largest absolute Gasteiger partial charge is 0.399 e. The molecule has 0 radical (unpaired) electrons. The van der Waals surface area contributed by atoms with Crippen LogP contribution in [0.15, 0.2) is 70.3 Å². The van der Waals surface area contributed by atoms with Crippen molar-refractivity contribution in [3.05, 3.63) is 87.0 Å². The predicted octanol–water partition coefficient (Wildman–Crippen LogP) is 4.71. The van der Waals surface area contributed by atoms with Crippen molar-refractivity contribution in [2.45, 2.75) is 12.8 Å². The summed E-state index contributed by atoms with van der Waals surface area (Å²) in [6.07, 6.45) is 1.81. The van der Waals surface area contributed by atoms with Gasteiger partial charge in [-0.2, -0.15) is 15.8 Å². The smallest absolute Gasteiger partial charge is 0.194 e. The van der Waals surface area contributed by atoms with E-state index in [-0.39, 0.29) is 11.3 Å². The Morgan fingerprint density at radius 1 is 1.04 bits per heavy atom. The third kappa shape index (κ3) is 3.02. The second-order valence-corrected chi connectivity index (χ2v) is 7.33. The molecule has 2 aromatic carbocycles. The Morgan fingerprint density at radius 3 is 2.26 bits per heavy atom. The topological polar surface area (TPSA) is 97.4 Å². The lowest BCUT2D eigenvalue weighted by Gasteiger charge is -2.33. The molecule has 2 N–H and O–H groups in total. The van der Waals surface area contributed by atoms with Gasteiger partial charge in [-0.3, -0.25) is 0 Å². The summed E-state index contributed by atoms with van der Waals surface area (Å²) in [6, 6.07) is 21.4. The van der Waals surface area contributed by atoms with E-state index < -0.39 is 11.3 Å². The van der Waals surface area contributed by atoms with Crippen molar-refractivity contribution in [2.75, 3.05) is 0 Å². The van der Waals surface area contributed by atoms with E-state index in [1.807, 2.05) is 61.5 Å². The number of allylic oxidation sites excluding steroid dienone is 4. The van der Waals surface area contributed by atoms with E-state index in [1.165, 1.54) is 0 Å². The first-order chi connectivity index (χ1) is 13.0. The molecular weight excluding hydrogens is 400 g/mol. The highest BCUT2D eigenvalue weighted by atomic mass is 79.9. The third-order valence-corrected chi connectivity index (χ3v) is 5.29. The Morgan fingerprint density at radius 2 is 1.70 bits per heavy atom. The van der Waals surface area contributed by atoms with Crippen molar-refractivity contribution < 1.29 is 0 Å². The average molecular weight is 415 g/mol. The van der Waals surface area contributed by atoms with E-state index >= 15 is 0 Å². The summed E-state index contributed by atoms with van der Waals surface area (Å²) in [5.74, 6) is -0.599. The van der Waals surface area contributed by atoms with Gasteiger partial charge in [-0.05, 0) is 35.8 Å². The van der Waals surface area contributed by atoms with Crippen LogP contribution >= 0.6 is 15.9 Å². The molecule has 0 heterocycles. The Hall–Kier alpha value is -3.33. The highest BCUT2D eigenvalue weighted by Crippen LogP contribution is 2.49. The molecule has 130 valence electrons. The number of rotatable bonds is 2. The van der Waals surface area contributed by atoms with Crippen molar-refractivity contribution in [3.63, 3.8) is 0 Å². The van der Waals surface area contributed by atoms with Crippen molar-refractivity contribution in [1.29, 1.82) is 15.8 Å². The molecule has 27 heavy (non-hydrogen) atoms. The highest BCUT2D eigenvalue weighted by molar-refractivity contribution is 9.10. The van der Waals surface area contributed by atoms with Gasteiger partial charge in [0.05, 0.1) is 23.4 Å². The average Bonchev–Trinajstić information content (AvgIpc) is 2.68. The third-order valence-electron chi connectivity index (χ3n) is 4.80. The normalized spacial score (nSPS) is 18.0. The zero-order valence-corrected chi connectivity index (χ0v) is 16.2. The molecule has 1 atom stereocenters. The number of halogens is 1. The SMILES string of the molecule is Cc1ccc(C2=CC(c3cccc(Br)c3)C(C#N)(C#N)C(N)=C2C#N)cc1. The zero-order valence-electron chi connectivity index (χ0n) is 14.6. The number of nitrogens with zero attached hydrogens (tertiary/aromatic N) is 3. The minimum Gasteiger partial charge on any atom is -0.399 e. The van der Waals surface area contributed by atoms with Gasteiger partial charge in [0.15, 0.2) is 5.41 Å². The monoisotopic (exact) mass is 414 g/mol. The summed E-state index contributed by atoms with van der Waals surface area (Å²) in [6.45, 7) is 1.98. The van der Waals surface area contributed by atoms with E-state index in [1.54, 1.807) is 0 Å². The van der Waals surface area contributed by atoms with Crippen LogP contribution in [0.1, 0.15) is 22.6 Å². The van der Waals surface area contributed by atoms with Gasteiger partial charge in [0.25, 0.3) is 0 Å². The lowest BCUT2D eigenvalue weighted by atomic mass is 9.65. The summed E-state index contributed by atoms with van der Waals surface area (Å²) in [4.78, 5) is 0. The van der Waals surface area contributed by atoms with Crippen LogP contribution in [0.5, 0.6) is 0 Å². The number of hydrogen-bond acceptors (Lipinski definition) is 4. The molecule has 3 rings (SSSR count). The first kappa shape index (κ1) is 18.5. The number of aryl methyl sites for hydroxylation is 1. The summed E-state index contributed by atoms with van der Waals surface area (Å²) >= 11 is 3.44. The van der Waals surface area contributed by atoms with E-state index in [0.717, 1.165) is 21.2 Å². The summed E-state index contributed by atoms with van der Waals surface area (Å²) < 4.78 is 0.837. The van der Waals surface area contributed by atoms with Gasteiger partial charge in [-0.25, -0.2) is 0 Å². The standard InChI is InChI=1S/C22H15BrN4/c1-14-5-7-15(8-6-14)18-10-20(16-3-2-4-17(23)9-16)22(12-25,13-26)21(27)19(18)11-24/h2-10,20H,27H2,1H3. The van der Waals surface area contributed by atoms with Gasteiger partial charge >= 0.3 is 0 Å². The first-order valence-electron chi connectivity index (χ1n) is 8.24. The number of hydrogen-bond donors (Lipinski definition) is 1. The molecule has 0 amide bonds. The highest BCUT2D eigenvalue weighted by Gasteiger charge is 2.47. The lowest BCUT2D eigenvalue weighted by molar-refractivity contribution is 0.534. The fraction of sp³-hybridized carbons (Fsp3) is 0.136. The Bertz CT molecular complexity index is 1070. The molecule has 0 spiro atoms. The van der Waals surface area contributed by atoms with Crippen LogP contribution in [0.2, 0.25) is 0 Å². The summed E-state index contributed by atoms with van der Waals surface area (Å²) in [5, 5.41) is 29.5. The van der Waals surface area contributed by atoms with Crippen LogP contribution in [0, 0.1) is 46.3 Å². The number of nitrogens with two attached hydrogens (primary N) is 1. The van der Waals surface area contributed by atoms with Gasteiger partial charge in [-0.1, -0.05) is 64.0 Å². The molecule has 0 aliphatic heterocycles. The molecule has 2 aromatic rings. The van der Waals surface area contributed by atoms with Crippen LogP contribution in [0.25, 0.3) is 5.57 Å². The van der Waals surface area contributed by atoms with Gasteiger partial charge in [0, 0.05) is 10.4 Å². The fourth-order valence-corrected chi connectivity index (χ4v) is 3.73. The molecule has 1 unspecified atom stereocenters. The van der Waals surface area contributed by atoms with Crippen LogP contribution in [0.4, 0.5) is 0 Å². The molecule has 0 aromatic heterocycles. The Balaban J connectivity index is 2.31. The Kier molecular flexibility index (Phi) is 4.87. The van der Waals surface area contributed by atoms with Crippen molar-refractivity contribution >= 4 is 21.5 Å². The van der Waals surface area contributed by atoms with Crippen molar-refractivity contribution in [2.24, 2.45) is 11.1 Å². The van der Waals surface area contributed by atoms with Crippen molar-refractivity contribution in [3.8, 4) is 18.2 Å². The second-order valence-electron chi connectivity index (χ2n) is 6.41. The molecule has 0 saturated carbocycles. The van der Waals surface area contributed by atoms with Crippen LogP contribution in [-0.2, 0) is 0 Å². The maximum absolute atomic E-state index is 9.88.